The van der Waals surface area contributed by atoms with Gasteiger partial charge in [-0.15, -0.1) is 11.3 Å². The zero-order valence-corrected chi connectivity index (χ0v) is 16.2. The van der Waals surface area contributed by atoms with E-state index in [1.807, 2.05) is 12.1 Å². The normalized spacial score (nSPS) is 20.2. The molecule has 0 amide bonds. The molecular weight excluding hydrogens is 363 g/mol. The average molecular weight is 386 g/mol. The van der Waals surface area contributed by atoms with E-state index in [9.17, 15) is 4.39 Å². The van der Waals surface area contributed by atoms with E-state index >= 15 is 0 Å². The van der Waals surface area contributed by atoms with Gasteiger partial charge in [0.1, 0.15) is 5.82 Å². The molecule has 2 aromatic carbocycles. The van der Waals surface area contributed by atoms with Crippen LogP contribution >= 0.6 is 23.6 Å². The van der Waals surface area contributed by atoms with Crippen molar-refractivity contribution in [3.8, 4) is 11.3 Å². The highest BCUT2D eigenvalue weighted by atomic mass is 32.1. The molecule has 0 atom stereocenters. The number of nitrogens with one attached hydrogen (secondary N) is 1. The minimum atomic E-state index is -0.206. The van der Waals surface area contributed by atoms with Crippen LogP contribution in [0.5, 0.6) is 0 Å². The van der Waals surface area contributed by atoms with E-state index < -0.39 is 0 Å². The fraction of sp³-hybridized carbons (Fsp3) is 0.286. The molecule has 0 bridgehead atoms. The lowest BCUT2D eigenvalue weighted by molar-refractivity contribution is -0.927. The molecule has 26 heavy (non-hydrogen) atoms. The van der Waals surface area contributed by atoms with E-state index in [1.165, 1.54) is 30.5 Å². The van der Waals surface area contributed by atoms with Crippen molar-refractivity contribution >= 4 is 23.6 Å². The Morgan fingerprint density at radius 1 is 1.04 bits per heavy atom. The maximum atomic E-state index is 13.2. The second-order valence-corrected chi connectivity index (χ2v) is 8.42. The maximum absolute atomic E-state index is 13.2. The number of piperidine rings is 1. The lowest BCUT2D eigenvalue weighted by Gasteiger charge is -2.30. The zero-order valence-electron chi connectivity index (χ0n) is 14.5. The number of quaternary nitrogens is 1. The third-order valence-electron chi connectivity index (χ3n) is 5.27. The van der Waals surface area contributed by atoms with E-state index in [-0.39, 0.29) is 5.82 Å². The Morgan fingerprint density at radius 2 is 1.73 bits per heavy atom. The lowest BCUT2D eigenvalue weighted by atomic mass is 9.90. The molecular formula is C21H22FN2S2+. The van der Waals surface area contributed by atoms with Gasteiger partial charge in [-0.05, 0) is 53.5 Å². The number of hydrogen-bond donors (Lipinski definition) is 1. The molecule has 0 aliphatic carbocycles. The minimum Gasteiger partial charge on any atom is -0.317 e. The summed E-state index contributed by atoms with van der Waals surface area (Å²) < 4.78 is 16.3. The summed E-state index contributed by atoms with van der Waals surface area (Å²) in [6, 6.07) is 17.5. The Balaban J connectivity index is 1.46. The summed E-state index contributed by atoms with van der Waals surface area (Å²) in [5, 5.41) is 2.09. The van der Waals surface area contributed by atoms with Crippen LogP contribution in [-0.4, -0.2) is 17.7 Å². The molecule has 1 aliphatic rings. The van der Waals surface area contributed by atoms with Gasteiger partial charge in [-0.2, -0.15) is 0 Å². The Labute approximate surface area is 162 Å². The van der Waals surface area contributed by atoms with Crippen LogP contribution in [0, 0.1) is 9.77 Å². The third-order valence-corrected chi connectivity index (χ3v) is 6.54. The molecule has 1 aromatic heterocycles. The molecule has 1 N–H and O–H groups in total. The summed E-state index contributed by atoms with van der Waals surface area (Å²) in [5.74, 6) is 0.467. The Bertz CT molecular complexity index is 907. The number of nitrogens with zero attached hydrogens (tertiary/aromatic N) is 1. The highest BCUT2D eigenvalue weighted by Crippen LogP contribution is 2.25. The van der Waals surface area contributed by atoms with Crippen LogP contribution < -0.4 is 4.90 Å². The molecule has 4 rings (SSSR count). The Morgan fingerprint density at radius 3 is 2.42 bits per heavy atom. The summed E-state index contributed by atoms with van der Waals surface area (Å²) >= 11 is 7.15. The van der Waals surface area contributed by atoms with Gasteiger partial charge >= 0.3 is 0 Å². The topological polar surface area (TPSA) is 9.37 Å². The molecule has 5 heteroatoms. The first-order valence-electron chi connectivity index (χ1n) is 9.03. The predicted octanol–water partition coefficient (Wildman–Crippen LogP) is 4.51. The molecule has 0 spiro atoms. The summed E-state index contributed by atoms with van der Waals surface area (Å²) in [6.45, 7) is 3.19. The quantitative estimate of drug-likeness (QED) is 0.651. The van der Waals surface area contributed by atoms with Crippen molar-refractivity contribution in [2.24, 2.45) is 0 Å². The third kappa shape index (κ3) is 3.80. The average Bonchev–Trinajstić information content (AvgIpc) is 3.04. The van der Waals surface area contributed by atoms with Gasteiger partial charge in [-0.1, -0.05) is 30.3 Å². The van der Waals surface area contributed by atoms with Crippen molar-refractivity contribution in [2.45, 2.75) is 25.4 Å². The van der Waals surface area contributed by atoms with Crippen molar-refractivity contribution in [1.29, 1.82) is 0 Å². The van der Waals surface area contributed by atoms with Crippen LogP contribution in [0.4, 0.5) is 4.39 Å². The van der Waals surface area contributed by atoms with Crippen LogP contribution in [0.15, 0.2) is 60.0 Å². The zero-order chi connectivity index (χ0) is 17.9. The van der Waals surface area contributed by atoms with Gasteiger partial charge in [0, 0.05) is 18.2 Å². The Kier molecular flexibility index (Phi) is 5.29. The molecule has 134 valence electrons. The predicted molar refractivity (Wildman–Crippen MR) is 108 cm³/mol. The molecule has 1 saturated heterocycles. The van der Waals surface area contributed by atoms with E-state index in [0.717, 1.165) is 35.0 Å². The first kappa shape index (κ1) is 17.6. The molecule has 1 aliphatic heterocycles. The molecule has 0 unspecified atom stereocenters. The summed E-state index contributed by atoms with van der Waals surface area (Å²) in [4.78, 5) is 1.56. The fourth-order valence-corrected chi connectivity index (χ4v) is 4.87. The van der Waals surface area contributed by atoms with Gasteiger partial charge in [0.25, 0.3) is 0 Å². The molecule has 2 heterocycles. The SMILES string of the molecule is Fc1ccc(-c2csc(=S)n2C[NH+]2CCC(c3ccccc3)CC2)cc1. The molecule has 2 nitrogen and oxygen atoms in total. The van der Waals surface area contributed by atoms with Crippen LogP contribution in [0.1, 0.15) is 24.3 Å². The standard InChI is InChI=1S/C21H21FN2S2/c22-19-8-6-18(7-9-19)20-14-26-21(25)24(20)15-23-12-10-17(11-13-23)16-4-2-1-3-5-16/h1-9,14,17H,10-13,15H2/p+1. The number of benzene rings is 2. The van der Waals surface area contributed by atoms with Gasteiger partial charge in [-0.3, -0.25) is 4.57 Å². The number of hydrogen-bond acceptors (Lipinski definition) is 2. The highest BCUT2D eigenvalue weighted by Gasteiger charge is 2.24. The van der Waals surface area contributed by atoms with Crippen LogP contribution in [0.25, 0.3) is 11.3 Å². The first-order valence-corrected chi connectivity index (χ1v) is 10.3. The van der Waals surface area contributed by atoms with Gasteiger partial charge in [0.15, 0.2) is 10.6 Å². The first-order chi connectivity index (χ1) is 12.7. The minimum absolute atomic E-state index is 0.206. The van der Waals surface area contributed by atoms with Crippen molar-refractivity contribution in [3.63, 3.8) is 0 Å². The number of aromatic nitrogens is 1. The van der Waals surface area contributed by atoms with Crippen molar-refractivity contribution in [3.05, 3.63) is 75.3 Å². The van der Waals surface area contributed by atoms with E-state index in [0.29, 0.717) is 5.92 Å². The highest BCUT2D eigenvalue weighted by molar-refractivity contribution is 7.73. The molecule has 0 saturated carbocycles. The molecule has 1 fully saturated rings. The summed E-state index contributed by atoms with van der Waals surface area (Å²) in [5.41, 5.74) is 3.58. The van der Waals surface area contributed by atoms with Crippen molar-refractivity contribution < 1.29 is 9.29 Å². The largest absolute Gasteiger partial charge is 0.317 e. The number of likely N-dealkylation sites (tertiary alicyclic amines) is 1. The Hall–Kier alpha value is -1.82. The van der Waals surface area contributed by atoms with Crippen LogP contribution in [0.2, 0.25) is 0 Å². The van der Waals surface area contributed by atoms with Crippen molar-refractivity contribution in [2.75, 3.05) is 13.1 Å². The van der Waals surface area contributed by atoms with Gasteiger partial charge in [0.2, 0.25) is 0 Å². The van der Waals surface area contributed by atoms with Gasteiger partial charge < -0.3 is 4.90 Å². The summed E-state index contributed by atoms with van der Waals surface area (Å²) in [7, 11) is 0. The van der Waals surface area contributed by atoms with E-state index in [1.54, 1.807) is 16.2 Å². The fourth-order valence-electron chi connectivity index (χ4n) is 3.79. The van der Waals surface area contributed by atoms with Crippen LogP contribution in [-0.2, 0) is 6.67 Å². The second-order valence-electron chi connectivity index (χ2n) is 6.91. The van der Waals surface area contributed by atoms with E-state index in [2.05, 4.69) is 40.3 Å². The van der Waals surface area contributed by atoms with E-state index in [4.69, 9.17) is 12.2 Å². The number of thiazole rings is 1. The summed E-state index contributed by atoms with van der Waals surface area (Å²) in [6.07, 6.45) is 2.42. The maximum Gasteiger partial charge on any atom is 0.165 e. The van der Waals surface area contributed by atoms with Crippen molar-refractivity contribution in [1.82, 2.24) is 4.57 Å². The van der Waals surface area contributed by atoms with Gasteiger partial charge in [0.05, 0.1) is 18.8 Å². The molecule has 3 aromatic rings. The number of halogens is 1. The number of rotatable bonds is 4. The smallest absolute Gasteiger partial charge is 0.165 e. The lowest BCUT2D eigenvalue weighted by Crippen LogP contribution is -3.12. The van der Waals surface area contributed by atoms with Gasteiger partial charge in [-0.25, -0.2) is 4.39 Å². The monoisotopic (exact) mass is 385 g/mol. The van der Waals surface area contributed by atoms with Crippen LogP contribution in [0.3, 0.4) is 0 Å². The second kappa shape index (κ2) is 7.82. The molecule has 0 radical (unpaired) electrons.